The first kappa shape index (κ1) is 10.8. The van der Waals surface area contributed by atoms with Gasteiger partial charge in [0.1, 0.15) is 0 Å². The van der Waals surface area contributed by atoms with E-state index in [1.807, 2.05) is 6.20 Å². The number of pyridine rings is 1. The van der Waals surface area contributed by atoms with Crippen molar-refractivity contribution in [2.24, 2.45) is 5.92 Å². The van der Waals surface area contributed by atoms with Crippen LogP contribution in [0.1, 0.15) is 12.5 Å². The Morgan fingerprint density at radius 3 is 3.24 bits per heavy atom. The molecule has 0 spiro atoms. The maximum atomic E-state index is 5.61. The van der Waals surface area contributed by atoms with Crippen molar-refractivity contribution in [2.45, 2.75) is 19.9 Å². The van der Waals surface area contributed by atoms with Crippen LogP contribution in [0.3, 0.4) is 0 Å². The number of aromatic nitrogens is 1. The summed E-state index contributed by atoms with van der Waals surface area (Å²) < 4.78 is 5.61. The van der Waals surface area contributed by atoms with Crippen molar-refractivity contribution < 1.29 is 4.74 Å². The molecule has 92 valence electrons. The van der Waals surface area contributed by atoms with Gasteiger partial charge in [0.05, 0.1) is 24.9 Å². The molecule has 3 rings (SSSR count). The highest BCUT2D eigenvalue weighted by Gasteiger charge is 2.36. The van der Waals surface area contributed by atoms with Gasteiger partial charge in [-0.2, -0.15) is 0 Å². The number of ether oxygens (including phenoxy) is 1. The molecule has 1 saturated heterocycles. The minimum atomic E-state index is 0.476. The first-order chi connectivity index (χ1) is 8.29. The van der Waals surface area contributed by atoms with Gasteiger partial charge in [0.15, 0.2) is 5.82 Å². The molecule has 2 unspecified atom stereocenters. The van der Waals surface area contributed by atoms with Crippen LogP contribution in [0.5, 0.6) is 0 Å². The number of fused-ring (bicyclic) bond motifs is 2. The molecule has 0 saturated carbocycles. The lowest BCUT2D eigenvalue weighted by molar-refractivity contribution is 0.185. The van der Waals surface area contributed by atoms with Crippen LogP contribution in [0.4, 0.5) is 11.5 Å². The third-order valence-electron chi connectivity index (χ3n) is 3.74. The summed E-state index contributed by atoms with van der Waals surface area (Å²) in [6.45, 7) is 7.93. The van der Waals surface area contributed by atoms with E-state index < -0.39 is 0 Å². The number of anilines is 2. The van der Waals surface area contributed by atoms with Crippen LogP contribution in [0.15, 0.2) is 12.3 Å². The molecule has 2 atom stereocenters. The summed E-state index contributed by atoms with van der Waals surface area (Å²) in [5.41, 5.74) is 2.37. The summed E-state index contributed by atoms with van der Waals surface area (Å²) in [5, 5.41) is 3.52. The van der Waals surface area contributed by atoms with E-state index in [0.717, 1.165) is 32.1 Å². The van der Waals surface area contributed by atoms with E-state index in [0.29, 0.717) is 12.0 Å². The van der Waals surface area contributed by atoms with Gasteiger partial charge >= 0.3 is 0 Å². The molecule has 0 amide bonds. The van der Waals surface area contributed by atoms with Crippen molar-refractivity contribution in [3.8, 4) is 0 Å². The summed E-state index contributed by atoms with van der Waals surface area (Å²) in [7, 11) is 0. The number of likely N-dealkylation sites (N-methyl/N-ethyl adjacent to an activating group) is 1. The summed E-state index contributed by atoms with van der Waals surface area (Å²) in [6.07, 6.45) is 1.94. The predicted molar refractivity (Wildman–Crippen MR) is 68.6 cm³/mol. The predicted octanol–water partition coefficient (Wildman–Crippen LogP) is 1.66. The zero-order chi connectivity index (χ0) is 11.8. The molecule has 1 aromatic rings. The quantitative estimate of drug-likeness (QED) is 0.800. The average Bonchev–Trinajstić information content (AvgIpc) is 2.73. The Hall–Kier alpha value is -1.29. The van der Waals surface area contributed by atoms with Crippen LogP contribution in [0.2, 0.25) is 0 Å². The normalized spacial score (nSPS) is 27.1. The van der Waals surface area contributed by atoms with E-state index >= 15 is 0 Å². The number of hydrogen-bond acceptors (Lipinski definition) is 4. The highest BCUT2D eigenvalue weighted by molar-refractivity contribution is 5.68. The molecule has 0 bridgehead atoms. The van der Waals surface area contributed by atoms with E-state index in [1.165, 1.54) is 11.3 Å². The Morgan fingerprint density at radius 1 is 1.53 bits per heavy atom. The second-order valence-electron chi connectivity index (χ2n) is 4.92. The van der Waals surface area contributed by atoms with Crippen LogP contribution in [-0.4, -0.2) is 37.3 Å². The lowest BCUT2D eigenvalue weighted by atomic mass is 10.0. The van der Waals surface area contributed by atoms with Gasteiger partial charge in [-0.05, 0) is 25.5 Å². The minimum absolute atomic E-state index is 0.476. The summed E-state index contributed by atoms with van der Waals surface area (Å²) in [4.78, 5) is 6.98. The standard InChI is InChI=1S/C13H19N3O/c1-3-16-12-8-17-7-10(12)6-14-11-4-9(2)5-15-13(11)16/h4-5,10,12,14H,3,6-8H2,1-2H3. The largest absolute Gasteiger partial charge is 0.382 e. The van der Waals surface area contributed by atoms with E-state index in [4.69, 9.17) is 4.74 Å². The number of aryl methyl sites for hydroxylation is 1. The SMILES string of the molecule is CCN1c2ncc(C)cc2NCC2COCC21. The van der Waals surface area contributed by atoms with Gasteiger partial charge in [-0.1, -0.05) is 0 Å². The second-order valence-corrected chi connectivity index (χ2v) is 4.92. The highest BCUT2D eigenvalue weighted by Crippen LogP contribution is 2.33. The number of rotatable bonds is 1. The van der Waals surface area contributed by atoms with Crippen LogP contribution in [0.25, 0.3) is 0 Å². The Morgan fingerprint density at radius 2 is 2.41 bits per heavy atom. The van der Waals surface area contributed by atoms with E-state index in [9.17, 15) is 0 Å². The fraction of sp³-hybridized carbons (Fsp3) is 0.615. The van der Waals surface area contributed by atoms with Crippen molar-refractivity contribution in [3.05, 3.63) is 17.8 Å². The smallest absolute Gasteiger partial charge is 0.152 e. The van der Waals surface area contributed by atoms with Gasteiger partial charge in [0.25, 0.3) is 0 Å². The summed E-state index contributed by atoms with van der Waals surface area (Å²) >= 11 is 0. The van der Waals surface area contributed by atoms with Gasteiger partial charge in [-0.15, -0.1) is 0 Å². The molecule has 1 fully saturated rings. The minimum Gasteiger partial charge on any atom is -0.382 e. The zero-order valence-electron chi connectivity index (χ0n) is 10.4. The first-order valence-corrected chi connectivity index (χ1v) is 6.34. The van der Waals surface area contributed by atoms with Crippen LogP contribution >= 0.6 is 0 Å². The molecule has 1 N–H and O–H groups in total. The molecule has 4 heteroatoms. The summed E-state index contributed by atoms with van der Waals surface area (Å²) in [6, 6.07) is 2.66. The van der Waals surface area contributed by atoms with Crippen LogP contribution in [-0.2, 0) is 4.74 Å². The fourth-order valence-corrected chi connectivity index (χ4v) is 2.83. The number of nitrogens with zero attached hydrogens (tertiary/aromatic N) is 2. The van der Waals surface area contributed by atoms with Gasteiger partial charge in [-0.25, -0.2) is 4.98 Å². The number of hydrogen-bond donors (Lipinski definition) is 1. The molecule has 0 radical (unpaired) electrons. The van der Waals surface area contributed by atoms with E-state index in [2.05, 4.69) is 35.1 Å². The molecule has 4 nitrogen and oxygen atoms in total. The van der Waals surface area contributed by atoms with Crippen molar-refractivity contribution in [1.82, 2.24) is 4.98 Å². The molecule has 3 heterocycles. The fourth-order valence-electron chi connectivity index (χ4n) is 2.83. The summed E-state index contributed by atoms with van der Waals surface area (Å²) in [5.74, 6) is 1.65. The lowest BCUT2D eigenvalue weighted by Gasteiger charge is -2.29. The maximum Gasteiger partial charge on any atom is 0.152 e. The van der Waals surface area contributed by atoms with Crippen molar-refractivity contribution >= 4 is 11.5 Å². The molecular weight excluding hydrogens is 214 g/mol. The van der Waals surface area contributed by atoms with E-state index in [1.54, 1.807) is 0 Å². The zero-order valence-corrected chi connectivity index (χ0v) is 10.4. The van der Waals surface area contributed by atoms with Gasteiger partial charge < -0.3 is 15.0 Å². The number of nitrogens with one attached hydrogen (secondary N) is 1. The average molecular weight is 233 g/mol. The van der Waals surface area contributed by atoms with Crippen molar-refractivity contribution in [2.75, 3.05) is 36.5 Å². The molecule has 2 aliphatic rings. The molecule has 2 aliphatic heterocycles. The Labute approximate surface area is 102 Å². The molecule has 17 heavy (non-hydrogen) atoms. The first-order valence-electron chi connectivity index (χ1n) is 6.34. The molecule has 0 aromatic carbocycles. The Balaban J connectivity index is 2.02. The van der Waals surface area contributed by atoms with Gasteiger partial charge in [-0.3, -0.25) is 0 Å². The third-order valence-corrected chi connectivity index (χ3v) is 3.74. The molecule has 1 aromatic heterocycles. The van der Waals surface area contributed by atoms with E-state index in [-0.39, 0.29) is 0 Å². The van der Waals surface area contributed by atoms with Crippen molar-refractivity contribution in [3.63, 3.8) is 0 Å². The second kappa shape index (κ2) is 4.18. The van der Waals surface area contributed by atoms with Gasteiger partial charge in [0, 0.05) is 25.2 Å². The Kier molecular flexibility index (Phi) is 2.67. The lowest BCUT2D eigenvalue weighted by Crippen LogP contribution is -2.41. The topological polar surface area (TPSA) is 37.4 Å². The molecule has 0 aliphatic carbocycles. The van der Waals surface area contributed by atoms with Crippen LogP contribution < -0.4 is 10.2 Å². The molecular formula is C13H19N3O. The van der Waals surface area contributed by atoms with Crippen molar-refractivity contribution in [1.29, 1.82) is 0 Å². The van der Waals surface area contributed by atoms with Crippen LogP contribution in [0, 0.1) is 12.8 Å². The maximum absolute atomic E-state index is 5.61. The Bertz CT molecular complexity index is 421. The highest BCUT2D eigenvalue weighted by atomic mass is 16.5. The van der Waals surface area contributed by atoms with Gasteiger partial charge in [0.2, 0.25) is 0 Å². The third kappa shape index (κ3) is 1.76. The monoisotopic (exact) mass is 233 g/mol.